The van der Waals surface area contributed by atoms with Gasteiger partial charge in [0.2, 0.25) is 0 Å². The minimum absolute atomic E-state index is 0.614. The molecule has 0 aliphatic rings. The number of hydrogen-bond acceptors (Lipinski definition) is 8. The van der Waals surface area contributed by atoms with Crippen molar-refractivity contribution < 1.29 is 17.7 Å². The highest BCUT2D eigenvalue weighted by Gasteiger charge is 2.26. The summed E-state index contributed by atoms with van der Waals surface area (Å²) in [6.07, 6.45) is 0. The maximum absolute atomic E-state index is 6.79. The van der Waals surface area contributed by atoms with Gasteiger partial charge in [0, 0.05) is 81.7 Å². The summed E-state index contributed by atoms with van der Waals surface area (Å²) >= 11 is 0. The van der Waals surface area contributed by atoms with Crippen LogP contribution in [0.3, 0.4) is 0 Å². The summed E-state index contributed by atoms with van der Waals surface area (Å²) in [5, 5.41) is 19.4. The molecule has 0 bridgehead atoms. The van der Waals surface area contributed by atoms with Crippen molar-refractivity contribution in [3.8, 4) is 56.4 Å². The van der Waals surface area contributed by atoms with E-state index >= 15 is 0 Å². The zero-order valence-electron chi connectivity index (χ0n) is 51.7. The molecule has 0 radical (unpaired) electrons. The molecule has 0 aliphatic heterocycles. The van der Waals surface area contributed by atoms with Crippen molar-refractivity contribution in [1.29, 1.82) is 0 Å². The second-order valence-electron chi connectivity index (χ2n) is 25.0. The lowest BCUT2D eigenvalue weighted by molar-refractivity contribution is 0.664. The average Bonchev–Trinajstić information content (AvgIpc) is 1.63. The largest absolute Gasteiger partial charge is 0.456 e. The third kappa shape index (κ3) is 8.06. The molecule has 0 unspecified atom stereocenters. The molecule has 0 spiro atoms. The third-order valence-corrected chi connectivity index (χ3v) is 19.7. The fourth-order valence-corrected chi connectivity index (χ4v) is 15.3. The van der Waals surface area contributed by atoms with Gasteiger partial charge in [-0.1, -0.05) is 243 Å². The number of imidazole rings is 1. The van der Waals surface area contributed by atoms with E-state index < -0.39 is 0 Å². The number of fused-ring (bicyclic) bond motifs is 28. The van der Waals surface area contributed by atoms with Crippen LogP contribution in [-0.2, 0) is 0 Å². The second kappa shape index (κ2) is 20.6. The first-order chi connectivity index (χ1) is 48.1. The molecule has 0 saturated heterocycles. The Morgan fingerprint density at radius 3 is 1.21 bits per heavy atom. The van der Waals surface area contributed by atoms with Gasteiger partial charge in [-0.05, 0) is 103 Å². The Morgan fingerprint density at radius 2 is 0.649 bits per heavy atom. The Bertz CT molecular complexity index is 7000. The number of nitrogens with zero attached hydrogens (tertiary/aromatic N) is 5. The fourth-order valence-electron chi connectivity index (χ4n) is 15.3. The monoisotopic (exact) mass is 1240 g/mol. The molecule has 0 fully saturated rings. The smallest absolute Gasteiger partial charge is 0.164 e. The van der Waals surface area contributed by atoms with E-state index in [1.165, 1.54) is 48.5 Å². The fraction of sp³-hybridized carbons (Fsp3) is 0. The van der Waals surface area contributed by atoms with Crippen LogP contribution >= 0.6 is 0 Å². The first-order valence-corrected chi connectivity index (χ1v) is 32.6. The molecule has 0 amide bonds. The first kappa shape index (κ1) is 53.3. The summed E-state index contributed by atoms with van der Waals surface area (Å²) in [7, 11) is 0. The van der Waals surface area contributed by atoms with Gasteiger partial charge in [-0.3, -0.25) is 4.40 Å². The van der Waals surface area contributed by atoms with Gasteiger partial charge in [0.1, 0.15) is 50.3 Å². The van der Waals surface area contributed by atoms with Crippen LogP contribution in [0.4, 0.5) is 0 Å². The Labute approximate surface area is 550 Å². The highest BCUT2D eigenvalue weighted by atomic mass is 16.3. The molecule has 22 aromatic rings. The molecular formula is C88H49N5O4. The van der Waals surface area contributed by atoms with Crippen molar-refractivity contribution in [2.75, 3.05) is 0 Å². The minimum atomic E-state index is 0.614. The SMILES string of the molecule is c1ccc(-c2nc(-c3ccccc3)nc(-c3ccc(-c4cc5oc6ccc7ccccc7c6c5c5c4oc4ccccc45)cc3)n2)cc1.c1ccc2c(c1)ccc1oc3cc(-c4ccc5c6ccc7ccccc7c6c6nc7ccccc7n6c5c4)c4oc5ccccc5c4c3c12. The van der Waals surface area contributed by atoms with Crippen LogP contribution in [0, 0.1) is 0 Å². The lowest BCUT2D eigenvalue weighted by atomic mass is 9.94. The molecule has 7 heterocycles. The van der Waals surface area contributed by atoms with Crippen molar-refractivity contribution in [1.82, 2.24) is 24.3 Å². The number of hydrogen-bond donors (Lipinski definition) is 0. The van der Waals surface area contributed by atoms with Gasteiger partial charge in [-0.15, -0.1) is 0 Å². The first-order valence-electron chi connectivity index (χ1n) is 32.6. The summed E-state index contributed by atoms with van der Waals surface area (Å²) in [4.78, 5) is 19.9. The summed E-state index contributed by atoms with van der Waals surface area (Å²) in [6, 6.07) is 103. The lowest BCUT2D eigenvalue weighted by Gasteiger charge is -2.13. The zero-order valence-corrected chi connectivity index (χ0v) is 51.7. The van der Waals surface area contributed by atoms with Crippen LogP contribution in [0.1, 0.15) is 0 Å². The zero-order chi connectivity index (χ0) is 63.4. The van der Waals surface area contributed by atoms with Crippen molar-refractivity contribution in [3.63, 3.8) is 0 Å². The topological polar surface area (TPSA) is 109 Å². The molecule has 450 valence electrons. The van der Waals surface area contributed by atoms with Crippen LogP contribution in [0.25, 0.3) is 215 Å². The van der Waals surface area contributed by atoms with Gasteiger partial charge >= 0.3 is 0 Å². The van der Waals surface area contributed by atoms with E-state index in [-0.39, 0.29) is 0 Å². The molecule has 0 saturated carbocycles. The lowest BCUT2D eigenvalue weighted by Crippen LogP contribution is -2.00. The predicted octanol–water partition coefficient (Wildman–Crippen LogP) is 24.1. The van der Waals surface area contributed by atoms with E-state index in [4.69, 9.17) is 37.6 Å². The summed E-state index contributed by atoms with van der Waals surface area (Å²) in [5.74, 6) is 1.88. The maximum Gasteiger partial charge on any atom is 0.164 e. The van der Waals surface area contributed by atoms with Crippen molar-refractivity contribution in [2.45, 2.75) is 0 Å². The number of pyridine rings is 1. The van der Waals surface area contributed by atoms with Crippen LogP contribution in [0.15, 0.2) is 315 Å². The molecule has 0 aliphatic carbocycles. The molecule has 7 aromatic heterocycles. The number of aromatic nitrogens is 5. The van der Waals surface area contributed by atoms with Crippen LogP contribution in [0.5, 0.6) is 0 Å². The van der Waals surface area contributed by atoms with Gasteiger partial charge in [0.05, 0.1) is 16.6 Å². The van der Waals surface area contributed by atoms with Crippen LogP contribution in [0.2, 0.25) is 0 Å². The summed E-state index contributed by atoms with van der Waals surface area (Å²) < 4.78 is 29.1. The standard InChI is InChI=1S/C45H24N2O2.C43H25N3O2/c1-3-11-28-25(9-1)17-21-31-30-20-18-27(23-36(30)47-35-15-7-6-14-34(35)46-45(47)40(28)31)33-24-39-43(42-32-13-5-8-16-37(32)49-44(33)42)41-29-12-4-2-10-26(29)19-22-38(41)48-39;1-3-12-28(13-4-1)41-44-42(29-14-5-2-6-15-29)46-43(45-41)30-21-19-27(20-22-30)33-25-36-39(38-32-17-9-10-18-34(32)48-40(33)38)37-31-16-8-7-11-26(31)23-24-35(37)47-36/h1-24H;1-25H. The number of para-hydroxylation sites is 4. The molecule has 9 heteroatoms. The molecule has 97 heavy (non-hydrogen) atoms. The third-order valence-electron chi connectivity index (χ3n) is 19.7. The van der Waals surface area contributed by atoms with Crippen LogP contribution < -0.4 is 0 Å². The number of furan rings is 4. The van der Waals surface area contributed by atoms with Crippen molar-refractivity contribution in [3.05, 3.63) is 297 Å². The normalized spacial score (nSPS) is 12.1. The van der Waals surface area contributed by atoms with E-state index in [2.05, 4.69) is 223 Å². The van der Waals surface area contributed by atoms with Crippen LogP contribution in [-0.4, -0.2) is 24.3 Å². The van der Waals surface area contributed by atoms with E-state index in [1.807, 2.05) is 78.9 Å². The Morgan fingerprint density at radius 1 is 0.227 bits per heavy atom. The van der Waals surface area contributed by atoms with Crippen molar-refractivity contribution >= 4 is 158 Å². The Hall–Kier alpha value is -13.2. The Balaban J connectivity index is 0.000000128. The predicted molar refractivity (Wildman–Crippen MR) is 396 cm³/mol. The van der Waals surface area contributed by atoms with E-state index in [1.54, 1.807) is 0 Å². The number of benzene rings is 15. The van der Waals surface area contributed by atoms with E-state index in [0.29, 0.717) is 17.5 Å². The Kier molecular flexibility index (Phi) is 11.3. The molecule has 0 atom stereocenters. The number of rotatable bonds is 5. The highest BCUT2D eigenvalue weighted by Crippen LogP contribution is 2.49. The molecule has 15 aromatic carbocycles. The van der Waals surface area contributed by atoms with Gasteiger partial charge in [-0.25, -0.2) is 19.9 Å². The van der Waals surface area contributed by atoms with Gasteiger partial charge < -0.3 is 17.7 Å². The van der Waals surface area contributed by atoms with Gasteiger partial charge in [0.25, 0.3) is 0 Å². The minimum Gasteiger partial charge on any atom is -0.456 e. The van der Waals surface area contributed by atoms with Crippen molar-refractivity contribution in [2.24, 2.45) is 0 Å². The van der Waals surface area contributed by atoms with Gasteiger partial charge in [0.15, 0.2) is 17.5 Å². The highest BCUT2D eigenvalue weighted by molar-refractivity contribution is 6.34. The molecule has 22 rings (SSSR count). The molecule has 0 N–H and O–H groups in total. The quantitative estimate of drug-likeness (QED) is 0.157. The molecular weight excluding hydrogens is 1190 g/mol. The van der Waals surface area contributed by atoms with Gasteiger partial charge in [-0.2, -0.15) is 0 Å². The second-order valence-corrected chi connectivity index (χ2v) is 25.0. The van der Waals surface area contributed by atoms with E-state index in [9.17, 15) is 0 Å². The summed E-state index contributed by atoms with van der Waals surface area (Å²) in [5.41, 5.74) is 17.8. The molecule has 9 nitrogen and oxygen atoms in total. The maximum atomic E-state index is 6.79. The van der Waals surface area contributed by atoms with E-state index in [0.717, 1.165) is 149 Å². The average molecular weight is 1240 g/mol. The summed E-state index contributed by atoms with van der Waals surface area (Å²) in [6.45, 7) is 0.